The third-order valence-electron chi connectivity index (χ3n) is 3.21. The zero-order valence-electron chi connectivity index (χ0n) is 12.0. The molecule has 0 aliphatic heterocycles. The monoisotopic (exact) mass is 296 g/mol. The number of aliphatic hydroxyl groups excluding tert-OH is 1. The molecule has 112 valence electrons. The number of aromatic nitrogens is 3. The molecular weight excluding hydrogens is 280 g/mol. The number of rotatable bonds is 6. The molecule has 0 atom stereocenters. The van der Waals surface area contributed by atoms with E-state index in [2.05, 4.69) is 15.1 Å². The van der Waals surface area contributed by atoms with Crippen LogP contribution in [0.15, 0.2) is 59.4 Å². The van der Waals surface area contributed by atoms with E-state index in [4.69, 9.17) is 4.52 Å². The second-order valence-corrected chi connectivity index (χ2v) is 4.73. The Morgan fingerprint density at radius 2 is 1.95 bits per heavy atom. The lowest BCUT2D eigenvalue weighted by atomic mass is 10.3. The van der Waals surface area contributed by atoms with Crippen molar-refractivity contribution in [1.82, 2.24) is 15.1 Å². The van der Waals surface area contributed by atoms with Crippen LogP contribution < -0.4 is 4.90 Å². The van der Waals surface area contributed by atoms with Crippen LogP contribution in [0, 0.1) is 0 Å². The van der Waals surface area contributed by atoms with E-state index in [1.165, 1.54) is 0 Å². The van der Waals surface area contributed by atoms with E-state index >= 15 is 0 Å². The van der Waals surface area contributed by atoms with Crippen molar-refractivity contribution in [2.24, 2.45) is 0 Å². The Hall–Kier alpha value is -2.73. The minimum Gasteiger partial charge on any atom is -0.395 e. The fraction of sp³-hybridized carbons (Fsp3) is 0.188. The molecule has 0 aliphatic rings. The molecule has 0 radical (unpaired) electrons. The van der Waals surface area contributed by atoms with Crippen LogP contribution in [-0.2, 0) is 6.54 Å². The van der Waals surface area contributed by atoms with Gasteiger partial charge in [0.1, 0.15) is 0 Å². The quantitative estimate of drug-likeness (QED) is 0.751. The number of aliphatic hydroxyl groups is 1. The highest BCUT2D eigenvalue weighted by Gasteiger charge is 2.13. The Kier molecular flexibility index (Phi) is 4.41. The number of anilines is 1. The summed E-state index contributed by atoms with van der Waals surface area (Å²) in [6.07, 6.45) is 3.39. The highest BCUT2D eigenvalue weighted by molar-refractivity contribution is 5.52. The smallest absolute Gasteiger partial charge is 0.246 e. The molecule has 0 saturated carbocycles. The lowest BCUT2D eigenvalue weighted by Crippen LogP contribution is -2.26. The first-order valence-corrected chi connectivity index (χ1v) is 7.00. The molecule has 1 aromatic carbocycles. The van der Waals surface area contributed by atoms with Crippen LogP contribution in [0.3, 0.4) is 0 Å². The van der Waals surface area contributed by atoms with Gasteiger partial charge in [-0.1, -0.05) is 23.4 Å². The first kappa shape index (κ1) is 14.2. The van der Waals surface area contributed by atoms with Gasteiger partial charge in [-0.3, -0.25) is 4.98 Å². The molecule has 2 aromatic heterocycles. The average Bonchev–Trinajstić information content (AvgIpc) is 3.05. The van der Waals surface area contributed by atoms with Crippen molar-refractivity contribution >= 4 is 5.69 Å². The molecule has 6 heteroatoms. The van der Waals surface area contributed by atoms with Crippen LogP contribution in [-0.4, -0.2) is 33.4 Å². The highest BCUT2D eigenvalue weighted by Crippen LogP contribution is 2.18. The lowest BCUT2D eigenvalue weighted by molar-refractivity contribution is 0.298. The summed E-state index contributed by atoms with van der Waals surface area (Å²) in [5.74, 6) is 1.01. The van der Waals surface area contributed by atoms with Crippen LogP contribution >= 0.6 is 0 Å². The number of pyridine rings is 1. The maximum Gasteiger partial charge on any atom is 0.246 e. The first-order valence-electron chi connectivity index (χ1n) is 7.00. The third-order valence-corrected chi connectivity index (χ3v) is 3.21. The Bertz CT molecular complexity index is 700. The molecule has 0 fully saturated rings. The summed E-state index contributed by atoms with van der Waals surface area (Å²) < 4.78 is 5.31. The summed E-state index contributed by atoms with van der Waals surface area (Å²) in [5, 5.41) is 13.2. The fourth-order valence-corrected chi connectivity index (χ4v) is 2.15. The minimum absolute atomic E-state index is 0.0541. The Morgan fingerprint density at radius 3 is 2.68 bits per heavy atom. The minimum atomic E-state index is 0.0541. The van der Waals surface area contributed by atoms with Crippen molar-refractivity contribution in [2.45, 2.75) is 6.54 Å². The largest absolute Gasteiger partial charge is 0.395 e. The fourth-order valence-electron chi connectivity index (χ4n) is 2.15. The molecule has 0 bridgehead atoms. The number of nitrogens with zero attached hydrogens (tertiary/aromatic N) is 4. The van der Waals surface area contributed by atoms with Crippen molar-refractivity contribution in [1.29, 1.82) is 0 Å². The third kappa shape index (κ3) is 3.29. The Morgan fingerprint density at radius 1 is 1.09 bits per heavy atom. The number of hydrogen-bond acceptors (Lipinski definition) is 6. The van der Waals surface area contributed by atoms with Gasteiger partial charge in [-0.25, -0.2) is 0 Å². The van der Waals surface area contributed by atoms with Gasteiger partial charge < -0.3 is 14.5 Å². The maximum absolute atomic E-state index is 9.24. The number of hydrogen-bond donors (Lipinski definition) is 1. The van der Waals surface area contributed by atoms with Crippen molar-refractivity contribution in [2.75, 3.05) is 18.1 Å². The van der Waals surface area contributed by atoms with Crippen molar-refractivity contribution in [3.8, 4) is 11.4 Å². The van der Waals surface area contributed by atoms with E-state index in [1.54, 1.807) is 12.4 Å². The Balaban J connectivity index is 1.78. The number of para-hydroxylation sites is 1. The van der Waals surface area contributed by atoms with E-state index in [1.807, 2.05) is 47.4 Å². The summed E-state index contributed by atoms with van der Waals surface area (Å²) in [4.78, 5) is 10.4. The molecule has 3 rings (SSSR count). The van der Waals surface area contributed by atoms with Crippen LogP contribution in [0.5, 0.6) is 0 Å². The molecule has 0 unspecified atom stereocenters. The zero-order chi connectivity index (χ0) is 15.2. The van der Waals surface area contributed by atoms with Gasteiger partial charge in [-0.2, -0.15) is 4.98 Å². The van der Waals surface area contributed by atoms with Crippen molar-refractivity contribution in [3.63, 3.8) is 0 Å². The van der Waals surface area contributed by atoms with E-state index < -0.39 is 0 Å². The topological polar surface area (TPSA) is 75.3 Å². The van der Waals surface area contributed by atoms with Crippen LogP contribution in [0.2, 0.25) is 0 Å². The second-order valence-electron chi connectivity index (χ2n) is 4.73. The number of benzene rings is 1. The molecule has 1 N–H and O–H groups in total. The van der Waals surface area contributed by atoms with Gasteiger partial charge in [-0.05, 0) is 24.3 Å². The van der Waals surface area contributed by atoms with Crippen LogP contribution in [0.1, 0.15) is 5.89 Å². The predicted octanol–water partition coefficient (Wildman–Crippen LogP) is 2.13. The molecule has 0 saturated heterocycles. The zero-order valence-corrected chi connectivity index (χ0v) is 12.0. The van der Waals surface area contributed by atoms with E-state index in [0.717, 1.165) is 11.3 Å². The highest BCUT2D eigenvalue weighted by atomic mass is 16.5. The van der Waals surface area contributed by atoms with Gasteiger partial charge in [0.15, 0.2) is 0 Å². The normalized spacial score (nSPS) is 10.6. The molecule has 2 heterocycles. The summed E-state index contributed by atoms with van der Waals surface area (Å²) in [6, 6.07) is 13.5. The van der Waals surface area contributed by atoms with Gasteiger partial charge in [0.25, 0.3) is 0 Å². The lowest BCUT2D eigenvalue weighted by Gasteiger charge is -2.21. The molecule has 3 aromatic rings. The summed E-state index contributed by atoms with van der Waals surface area (Å²) in [6.45, 7) is 0.991. The van der Waals surface area contributed by atoms with Gasteiger partial charge in [-0.15, -0.1) is 0 Å². The first-order chi connectivity index (χ1) is 10.9. The summed E-state index contributed by atoms with van der Waals surface area (Å²) in [5.41, 5.74) is 1.81. The maximum atomic E-state index is 9.24. The van der Waals surface area contributed by atoms with E-state index in [-0.39, 0.29) is 6.61 Å². The molecule has 0 spiro atoms. The average molecular weight is 296 g/mol. The van der Waals surface area contributed by atoms with Crippen LogP contribution in [0.4, 0.5) is 5.69 Å². The predicted molar refractivity (Wildman–Crippen MR) is 82.1 cm³/mol. The molecular formula is C16H16N4O2. The van der Waals surface area contributed by atoms with Gasteiger partial charge in [0.2, 0.25) is 11.7 Å². The molecule has 0 aliphatic carbocycles. The van der Waals surface area contributed by atoms with E-state index in [9.17, 15) is 5.11 Å². The molecule has 22 heavy (non-hydrogen) atoms. The van der Waals surface area contributed by atoms with Gasteiger partial charge in [0.05, 0.1) is 13.2 Å². The van der Waals surface area contributed by atoms with Crippen molar-refractivity contribution in [3.05, 3.63) is 60.7 Å². The van der Waals surface area contributed by atoms with Gasteiger partial charge >= 0.3 is 0 Å². The summed E-state index contributed by atoms with van der Waals surface area (Å²) >= 11 is 0. The molecule has 0 amide bonds. The van der Waals surface area contributed by atoms with Crippen molar-refractivity contribution < 1.29 is 9.63 Å². The Labute approximate surface area is 128 Å². The van der Waals surface area contributed by atoms with Crippen LogP contribution in [0.25, 0.3) is 11.4 Å². The second kappa shape index (κ2) is 6.82. The van der Waals surface area contributed by atoms with Gasteiger partial charge in [0, 0.05) is 30.2 Å². The molecule has 6 nitrogen and oxygen atoms in total. The van der Waals surface area contributed by atoms with E-state index in [0.29, 0.717) is 24.8 Å². The summed E-state index contributed by atoms with van der Waals surface area (Å²) in [7, 11) is 0. The standard InChI is InChI=1S/C16H16N4O2/c21-10-9-20(14-6-2-1-3-7-14)12-15-18-16(19-22-15)13-5-4-8-17-11-13/h1-8,11,21H,9-10,12H2. The SMILES string of the molecule is OCCN(Cc1nc(-c2cccnc2)no1)c1ccccc1.